The molecular formula is C20H17F3N4O. The summed E-state index contributed by atoms with van der Waals surface area (Å²) in [5.74, 6) is 0. The van der Waals surface area contributed by atoms with Crippen molar-refractivity contribution in [3.63, 3.8) is 0 Å². The molecule has 2 heterocycles. The van der Waals surface area contributed by atoms with E-state index in [0.717, 1.165) is 12.1 Å². The molecule has 28 heavy (non-hydrogen) atoms. The van der Waals surface area contributed by atoms with Gasteiger partial charge in [0.25, 0.3) is 0 Å². The van der Waals surface area contributed by atoms with Crippen LogP contribution < -0.4 is 5.32 Å². The average Bonchev–Trinajstić information content (AvgIpc) is 3.11. The van der Waals surface area contributed by atoms with Gasteiger partial charge in [0.05, 0.1) is 30.5 Å². The topological polar surface area (TPSA) is 50.2 Å². The van der Waals surface area contributed by atoms with Crippen LogP contribution in [0, 0.1) is 0 Å². The van der Waals surface area contributed by atoms with Crippen LogP contribution in [0.15, 0.2) is 60.8 Å². The summed E-state index contributed by atoms with van der Waals surface area (Å²) in [7, 11) is 0. The second-order valence-electron chi connectivity index (χ2n) is 6.52. The Bertz CT molecular complexity index is 998. The lowest BCUT2D eigenvalue weighted by Crippen LogP contribution is -2.41. The van der Waals surface area contributed by atoms with E-state index in [1.807, 2.05) is 18.2 Å². The molecule has 0 radical (unpaired) electrons. The van der Waals surface area contributed by atoms with Gasteiger partial charge < -0.3 is 10.2 Å². The highest BCUT2D eigenvalue weighted by Crippen LogP contribution is 2.34. The first-order valence-electron chi connectivity index (χ1n) is 8.75. The van der Waals surface area contributed by atoms with Gasteiger partial charge in [-0.3, -0.25) is 4.68 Å². The third-order valence-corrected chi connectivity index (χ3v) is 4.68. The highest BCUT2D eigenvalue weighted by molar-refractivity contribution is 5.89. The number of carbonyl (C=O) groups is 1. The molecule has 0 unspecified atom stereocenters. The lowest BCUT2D eigenvalue weighted by Gasteiger charge is -2.28. The van der Waals surface area contributed by atoms with E-state index < -0.39 is 11.7 Å². The number of amides is 2. The number of urea groups is 1. The first-order valence-corrected chi connectivity index (χ1v) is 8.75. The molecule has 1 N–H and O–H groups in total. The number of halogens is 3. The molecule has 1 aliphatic heterocycles. The van der Waals surface area contributed by atoms with E-state index in [1.165, 1.54) is 6.07 Å². The number of para-hydroxylation sites is 1. The van der Waals surface area contributed by atoms with Crippen LogP contribution in [0.5, 0.6) is 0 Å². The van der Waals surface area contributed by atoms with Crippen LogP contribution in [0.3, 0.4) is 0 Å². The number of aromatic nitrogens is 2. The summed E-state index contributed by atoms with van der Waals surface area (Å²) in [4.78, 5) is 14.2. The molecule has 0 bridgehead atoms. The molecule has 0 spiro atoms. The van der Waals surface area contributed by atoms with Crippen molar-refractivity contribution in [1.82, 2.24) is 14.7 Å². The molecule has 144 valence electrons. The van der Waals surface area contributed by atoms with Gasteiger partial charge in [-0.15, -0.1) is 0 Å². The maximum absolute atomic E-state index is 13.0. The summed E-state index contributed by atoms with van der Waals surface area (Å²) in [6.07, 6.45) is -2.85. The Morgan fingerprint density at radius 1 is 1.04 bits per heavy atom. The highest BCUT2D eigenvalue weighted by atomic mass is 19.4. The van der Waals surface area contributed by atoms with Gasteiger partial charge >= 0.3 is 12.2 Å². The number of anilines is 1. The smallest absolute Gasteiger partial charge is 0.317 e. The third kappa shape index (κ3) is 3.58. The Morgan fingerprint density at radius 3 is 2.57 bits per heavy atom. The predicted octanol–water partition coefficient (Wildman–Crippen LogP) is 4.62. The van der Waals surface area contributed by atoms with Crippen LogP contribution in [-0.2, 0) is 19.3 Å². The van der Waals surface area contributed by atoms with E-state index in [1.54, 1.807) is 34.0 Å². The minimum atomic E-state index is -4.41. The third-order valence-electron chi connectivity index (χ3n) is 4.68. The Morgan fingerprint density at radius 2 is 1.82 bits per heavy atom. The Balaban J connectivity index is 1.58. The number of nitrogens with one attached hydrogen (secondary N) is 1. The predicted molar refractivity (Wildman–Crippen MR) is 98.5 cm³/mol. The summed E-state index contributed by atoms with van der Waals surface area (Å²) >= 11 is 0. The van der Waals surface area contributed by atoms with Gasteiger partial charge in [-0.2, -0.15) is 18.3 Å². The van der Waals surface area contributed by atoms with E-state index in [-0.39, 0.29) is 12.6 Å². The average molecular weight is 386 g/mol. The van der Waals surface area contributed by atoms with Crippen molar-refractivity contribution in [3.05, 3.63) is 72.1 Å². The van der Waals surface area contributed by atoms with Gasteiger partial charge in [-0.05, 0) is 29.8 Å². The largest absolute Gasteiger partial charge is 0.416 e. The molecular weight excluding hydrogens is 369 g/mol. The molecule has 2 amide bonds. The summed E-state index contributed by atoms with van der Waals surface area (Å²) < 4.78 is 40.9. The van der Waals surface area contributed by atoms with E-state index in [0.29, 0.717) is 35.6 Å². The quantitative estimate of drug-likeness (QED) is 0.699. The number of hydrogen-bond donors (Lipinski definition) is 1. The van der Waals surface area contributed by atoms with Crippen LogP contribution in [-0.4, -0.2) is 27.3 Å². The second kappa shape index (κ2) is 7.03. The van der Waals surface area contributed by atoms with E-state index in [9.17, 15) is 18.0 Å². The standard InChI is InChI=1S/C20H17F3N4O/c21-20(22,23)15-6-4-5-14(11-15)17-12-24-27-10-9-26(13-18(17)27)19(28)25-16-7-2-1-3-8-16/h1-8,11-12H,9-10,13H2,(H,25,28). The molecule has 0 fully saturated rings. The normalized spacial score (nSPS) is 13.9. The maximum atomic E-state index is 13.0. The zero-order valence-electron chi connectivity index (χ0n) is 14.8. The van der Waals surface area contributed by atoms with Crippen molar-refractivity contribution < 1.29 is 18.0 Å². The SMILES string of the molecule is O=C(Nc1ccccc1)N1CCn2ncc(-c3cccc(C(F)(F)F)c3)c2C1. The molecule has 0 saturated carbocycles. The first-order chi connectivity index (χ1) is 13.4. The molecule has 3 aromatic rings. The molecule has 0 aliphatic carbocycles. The van der Waals surface area contributed by atoms with Gasteiger partial charge in [-0.25, -0.2) is 4.79 Å². The van der Waals surface area contributed by atoms with Gasteiger partial charge in [0.2, 0.25) is 0 Å². The lowest BCUT2D eigenvalue weighted by molar-refractivity contribution is -0.137. The van der Waals surface area contributed by atoms with Crippen molar-refractivity contribution in [1.29, 1.82) is 0 Å². The Hall–Kier alpha value is -3.29. The zero-order valence-corrected chi connectivity index (χ0v) is 14.8. The Labute approximate surface area is 159 Å². The number of rotatable bonds is 2. The number of alkyl halides is 3. The number of hydrogen-bond acceptors (Lipinski definition) is 2. The van der Waals surface area contributed by atoms with Crippen LogP contribution in [0.1, 0.15) is 11.3 Å². The lowest BCUT2D eigenvalue weighted by atomic mass is 10.0. The zero-order chi connectivity index (χ0) is 19.7. The molecule has 1 aromatic heterocycles. The number of carbonyl (C=O) groups excluding carboxylic acids is 1. The van der Waals surface area contributed by atoms with Gasteiger partial charge in [0, 0.05) is 17.8 Å². The number of benzene rings is 2. The first kappa shape index (κ1) is 18.1. The summed E-state index contributed by atoms with van der Waals surface area (Å²) in [6, 6.07) is 14.0. The van der Waals surface area contributed by atoms with Crippen molar-refractivity contribution >= 4 is 11.7 Å². The fourth-order valence-electron chi connectivity index (χ4n) is 3.25. The number of nitrogens with zero attached hydrogens (tertiary/aromatic N) is 3. The minimum Gasteiger partial charge on any atom is -0.317 e. The highest BCUT2D eigenvalue weighted by Gasteiger charge is 2.31. The molecule has 5 nitrogen and oxygen atoms in total. The van der Waals surface area contributed by atoms with Gasteiger partial charge in [0.15, 0.2) is 0 Å². The molecule has 0 atom stereocenters. The minimum absolute atomic E-state index is 0.256. The molecule has 2 aromatic carbocycles. The summed E-state index contributed by atoms with van der Waals surface area (Å²) in [6.45, 7) is 1.22. The second-order valence-corrected chi connectivity index (χ2v) is 6.52. The van der Waals surface area contributed by atoms with Crippen LogP contribution in [0.25, 0.3) is 11.1 Å². The van der Waals surface area contributed by atoms with Crippen molar-refractivity contribution in [2.45, 2.75) is 19.3 Å². The Kier molecular flexibility index (Phi) is 4.54. The van der Waals surface area contributed by atoms with Gasteiger partial charge in [-0.1, -0.05) is 30.3 Å². The molecule has 4 rings (SSSR count). The molecule has 8 heteroatoms. The molecule has 0 saturated heterocycles. The van der Waals surface area contributed by atoms with E-state index in [2.05, 4.69) is 10.4 Å². The van der Waals surface area contributed by atoms with Crippen LogP contribution >= 0.6 is 0 Å². The fourth-order valence-corrected chi connectivity index (χ4v) is 3.25. The van der Waals surface area contributed by atoms with Crippen LogP contribution in [0.4, 0.5) is 23.7 Å². The number of fused-ring (bicyclic) bond motifs is 1. The van der Waals surface area contributed by atoms with Crippen molar-refractivity contribution in [3.8, 4) is 11.1 Å². The van der Waals surface area contributed by atoms with E-state index >= 15 is 0 Å². The monoisotopic (exact) mass is 386 g/mol. The van der Waals surface area contributed by atoms with Crippen molar-refractivity contribution in [2.24, 2.45) is 0 Å². The van der Waals surface area contributed by atoms with Crippen LogP contribution in [0.2, 0.25) is 0 Å². The van der Waals surface area contributed by atoms with E-state index in [4.69, 9.17) is 0 Å². The maximum Gasteiger partial charge on any atom is 0.416 e. The summed E-state index contributed by atoms with van der Waals surface area (Å²) in [5.41, 5.74) is 1.72. The van der Waals surface area contributed by atoms with Crippen molar-refractivity contribution in [2.75, 3.05) is 11.9 Å². The fraction of sp³-hybridized carbons (Fsp3) is 0.200. The summed E-state index contributed by atoms with van der Waals surface area (Å²) in [5, 5.41) is 7.11. The molecule has 1 aliphatic rings. The van der Waals surface area contributed by atoms with Gasteiger partial charge in [0.1, 0.15) is 0 Å².